The number of nitrogens with zero attached hydrogens (tertiary/aromatic N) is 2. The van der Waals surface area contributed by atoms with Crippen LogP contribution >= 0.6 is 0 Å². The predicted molar refractivity (Wildman–Crippen MR) is 89.9 cm³/mol. The summed E-state index contributed by atoms with van der Waals surface area (Å²) in [5.74, 6) is 0. The molecule has 112 valence electrons. The van der Waals surface area contributed by atoms with Crippen molar-refractivity contribution in [3.05, 3.63) is 65.6 Å². The van der Waals surface area contributed by atoms with Gasteiger partial charge in [0.25, 0.3) is 0 Å². The molecular formula is C19H21N3. The molecule has 0 amide bonds. The van der Waals surface area contributed by atoms with Gasteiger partial charge < -0.3 is 4.98 Å². The molecule has 3 heterocycles. The lowest BCUT2D eigenvalue weighted by Crippen LogP contribution is -2.27. The maximum Gasteiger partial charge on any atom is 0.0640 e. The summed E-state index contributed by atoms with van der Waals surface area (Å²) in [6.45, 7) is 4.52. The minimum atomic E-state index is 0.298. The van der Waals surface area contributed by atoms with Gasteiger partial charge in [-0.3, -0.25) is 9.88 Å². The summed E-state index contributed by atoms with van der Waals surface area (Å²) in [4.78, 5) is 10.5. The Labute approximate surface area is 131 Å². The molecule has 3 nitrogen and oxygen atoms in total. The quantitative estimate of drug-likeness (QED) is 0.789. The molecular weight excluding hydrogens is 270 g/mol. The van der Waals surface area contributed by atoms with Gasteiger partial charge in [-0.05, 0) is 50.6 Å². The molecule has 4 rings (SSSR count). The molecule has 3 heteroatoms. The normalized spacial score (nSPS) is 17.1. The molecule has 0 bridgehead atoms. The smallest absolute Gasteiger partial charge is 0.0640 e. The first kappa shape index (κ1) is 13.5. The Morgan fingerprint density at radius 3 is 2.68 bits per heavy atom. The maximum absolute atomic E-state index is 4.36. The van der Waals surface area contributed by atoms with Crippen molar-refractivity contribution in [1.82, 2.24) is 14.9 Å². The lowest BCUT2D eigenvalue weighted by Gasteiger charge is -2.28. The second kappa shape index (κ2) is 5.58. The van der Waals surface area contributed by atoms with Gasteiger partial charge in [0.1, 0.15) is 0 Å². The number of hydrogen-bond acceptors (Lipinski definition) is 2. The molecule has 1 aromatic carbocycles. The average Bonchev–Trinajstić information content (AvgIpc) is 3.18. The Morgan fingerprint density at radius 2 is 1.91 bits per heavy atom. The molecule has 0 aliphatic carbocycles. The first-order chi connectivity index (χ1) is 10.8. The molecule has 3 aromatic rings. The molecule has 0 radical (unpaired) electrons. The summed E-state index contributed by atoms with van der Waals surface area (Å²) in [5, 5.41) is 1.33. The summed E-state index contributed by atoms with van der Waals surface area (Å²) in [7, 11) is 0. The Balaban J connectivity index is 1.91. The summed E-state index contributed by atoms with van der Waals surface area (Å²) in [5.41, 5.74) is 5.19. The van der Waals surface area contributed by atoms with Crippen LogP contribution in [-0.4, -0.2) is 28.0 Å². The fourth-order valence-corrected chi connectivity index (χ4v) is 3.75. The number of benzene rings is 1. The van der Waals surface area contributed by atoms with Crippen molar-refractivity contribution in [3.8, 4) is 0 Å². The van der Waals surface area contributed by atoms with Gasteiger partial charge in [0, 0.05) is 34.6 Å². The van der Waals surface area contributed by atoms with Crippen molar-refractivity contribution in [2.24, 2.45) is 0 Å². The van der Waals surface area contributed by atoms with Crippen molar-refractivity contribution in [3.63, 3.8) is 0 Å². The number of hydrogen-bond donors (Lipinski definition) is 1. The number of nitrogens with one attached hydrogen (secondary N) is 1. The van der Waals surface area contributed by atoms with Crippen molar-refractivity contribution in [1.29, 1.82) is 0 Å². The lowest BCUT2D eigenvalue weighted by atomic mass is 9.96. The second-order valence-corrected chi connectivity index (χ2v) is 6.14. The van der Waals surface area contributed by atoms with E-state index in [0.717, 1.165) is 0 Å². The monoisotopic (exact) mass is 291 g/mol. The van der Waals surface area contributed by atoms with Crippen molar-refractivity contribution < 1.29 is 0 Å². The highest BCUT2D eigenvalue weighted by Gasteiger charge is 2.28. The fraction of sp³-hybridized carbons (Fsp3) is 0.316. The zero-order chi connectivity index (χ0) is 14.9. The number of aromatic amines is 1. The third kappa shape index (κ3) is 2.22. The van der Waals surface area contributed by atoms with Crippen molar-refractivity contribution in [2.45, 2.75) is 25.8 Å². The van der Waals surface area contributed by atoms with E-state index in [2.05, 4.69) is 52.1 Å². The van der Waals surface area contributed by atoms with Gasteiger partial charge in [-0.15, -0.1) is 0 Å². The Kier molecular flexibility index (Phi) is 3.43. The minimum Gasteiger partial charge on any atom is -0.358 e. The fourth-order valence-electron chi connectivity index (χ4n) is 3.75. The van der Waals surface area contributed by atoms with E-state index in [1.807, 2.05) is 18.5 Å². The van der Waals surface area contributed by atoms with Crippen LogP contribution in [-0.2, 0) is 0 Å². The molecule has 1 aliphatic rings. The highest BCUT2D eigenvalue weighted by atomic mass is 15.2. The zero-order valence-corrected chi connectivity index (χ0v) is 12.9. The van der Waals surface area contributed by atoms with E-state index in [9.17, 15) is 0 Å². The maximum atomic E-state index is 4.36. The van der Waals surface area contributed by atoms with E-state index in [4.69, 9.17) is 0 Å². The van der Waals surface area contributed by atoms with Crippen LogP contribution in [0.4, 0.5) is 0 Å². The third-order valence-corrected chi connectivity index (χ3v) is 4.72. The Hall–Kier alpha value is -2.13. The number of likely N-dealkylation sites (tertiary alicyclic amines) is 1. The molecule has 1 N–H and O–H groups in total. The van der Waals surface area contributed by atoms with Crippen LogP contribution in [0.15, 0.2) is 48.8 Å². The number of rotatable bonds is 3. The van der Waals surface area contributed by atoms with Crippen LogP contribution in [0.25, 0.3) is 10.9 Å². The minimum absolute atomic E-state index is 0.298. The van der Waals surface area contributed by atoms with E-state index < -0.39 is 0 Å². The molecule has 1 unspecified atom stereocenters. The summed E-state index contributed by atoms with van der Waals surface area (Å²) in [6.07, 6.45) is 6.45. The third-order valence-electron chi connectivity index (χ3n) is 4.72. The van der Waals surface area contributed by atoms with E-state index in [1.54, 1.807) is 0 Å². The average molecular weight is 291 g/mol. The largest absolute Gasteiger partial charge is 0.358 e. The number of H-pyrrole nitrogens is 1. The highest BCUT2D eigenvalue weighted by Crippen LogP contribution is 2.37. The number of para-hydroxylation sites is 1. The first-order valence-electron chi connectivity index (χ1n) is 8.06. The van der Waals surface area contributed by atoms with Crippen molar-refractivity contribution in [2.75, 3.05) is 13.1 Å². The highest BCUT2D eigenvalue weighted by molar-refractivity contribution is 5.85. The van der Waals surface area contributed by atoms with E-state index in [0.29, 0.717) is 6.04 Å². The van der Waals surface area contributed by atoms with Gasteiger partial charge in [-0.2, -0.15) is 0 Å². The molecule has 2 aromatic heterocycles. The number of aryl methyl sites for hydroxylation is 1. The predicted octanol–water partition coefficient (Wildman–Crippen LogP) is 4.06. The van der Waals surface area contributed by atoms with Crippen LogP contribution < -0.4 is 0 Å². The SMILES string of the molecule is Cc1[nH]c2ccccc2c1C(c1cccnc1)N1CCCC1. The lowest BCUT2D eigenvalue weighted by molar-refractivity contribution is 0.281. The number of fused-ring (bicyclic) bond motifs is 1. The molecule has 0 spiro atoms. The number of pyridine rings is 1. The van der Waals surface area contributed by atoms with Crippen LogP contribution in [0, 0.1) is 6.92 Å². The van der Waals surface area contributed by atoms with E-state index in [-0.39, 0.29) is 0 Å². The Bertz CT molecular complexity index is 770. The van der Waals surface area contributed by atoms with Crippen molar-refractivity contribution >= 4 is 10.9 Å². The van der Waals surface area contributed by atoms with Crippen LogP contribution in [0.5, 0.6) is 0 Å². The molecule has 22 heavy (non-hydrogen) atoms. The number of aromatic nitrogens is 2. The molecule has 1 aliphatic heterocycles. The topological polar surface area (TPSA) is 31.9 Å². The van der Waals surface area contributed by atoms with Gasteiger partial charge in [-0.25, -0.2) is 0 Å². The van der Waals surface area contributed by atoms with Crippen LogP contribution in [0.1, 0.15) is 35.7 Å². The summed E-state index contributed by atoms with van der Waals surface area (Å²) >= 11 is 0. The first-order valence-corrected chi connectivity index (χ1v) is 8.06. The zero-order valence-electron chi connectivity index (χ0n) is 12.9. The standard InChI is InChI=1S/C19H21N3/c1-14-18(16-8-2-3-9-17(16)21-14)19(22-11-4-5-12-22)15-7-6-10-20-13-15/h2-3,6-10,13,19,21H,4-5,11-12H2,1H3. The van der Waals surface area contributed by atoms with Crippen LogP contribution in [0.2, 0.25) is 0 Å². The molecule has 1 atom stereocenters. The van der Waals surface area contributed by atoms with E-state index >= 15 is 0 Å². The van der Waals surface area contributed by atoms with E-state index in [1.165, 1.54) is 53.7 Å². The van der Waals surface area contributed by atoms with Gasteiger partial charge in [0.05, 0.1) is 6.04 Å². The van der Waals surface area contributed by atoms with Gasteiger partial charge in [0.15, 0.2) is 0 Å². The summed E-state index contributed by atoms with van der Waals surface area (Å²) < 4.78 is 0. The second-order valence-electron chi connectivity index (χ2n) is 6.14. The van der Waals surface area contributed by atoms with Crippen LogP contribution in [0.3, 0.4) is 0 Å². The van der Waals surface area contributed by atoms with Gasteiger partial charge in [-0.1, -0.05) is 24.3 Å². The summed E-state index contributed by atoms with van der Waals surface area (Å²) in [6, 6.07) is 13.2. The van der Waals surface area contributed by atoms with Gasteiger partial charge >= 0.3 is 0 Å². The Morgan fingerprint density at radius 1 is 1.09 bits per heavy atom. The molecule has 1 saturated heterocycles. The van der Waals surface area contributed by atoms with Gasteiger partial charge in [0.2, 0.25) is 0 Å². The molecule has 1 fully saturated rings. The molecule has 0 saturated carbocycles.